The van der Waals surface area contributed by atoms with E-state index < -0.39 is 0 Å². The number of hydrogen-bond donors (Lipinski definition) is 1. The largest absolute Gasteiger partial charge is 0.494 e. The van der Waals surface area contributed by atoms with Gasteiger partial charge in [0.2, 0.25) is 5.95 Å². The zero-order valence-corrected chi connectivity index (χ0v) is 12.5. The molecule has 0 saturated heterocycles. The Morgan fingerprint density at radius 2 is 1.90 bits per heavy atom. The summed E-state index contributed by atoms with van der Waals surface area (Å²) >= 11 is 0. The summed E-state index contributed by atoms with van der Waals surface area (Å²) in [6.45, 7) is 4.68. The van der Waals surface area contributed by atoms with Crippen molar-refractivity contribution >= 4 is 17.1 Å². The van der Waals surface area contributed by atoms with Gasteiger partial charge in [0, 0.05) is 7.05 Å². The van der Waals surface area contributed by atoms with Crippen molar-refractivity contribution in [3.05, 3.63) is 30.0 Å². The van der Waals surface area contributed by atoms with E-state index >= 15 is 0 Å². The molecule has 0 spiro atoms. The highest BCUT2D eigenvalue weighted by molar-refractivity contribution is 5.80. The number of imidazole rings is 1. The Labute approximate surface area is 123 Å². The minimum atomic E-state index is 0.469. The number of aryl methyl sites for hydroxylation is 2. The summed E-state index contributed by atoms with van der Waals surface area (Å²) in [4.78, 5) is 4.47. The highest BCUT2D eigenvalue weighted by Crippen LogP contribution is 2.26. The van der Waals surface area contributed by atoms with E-state index in [1.54, 1.807) is 0 Å². The van der Waals surface area contributed by atoms with Crippen LogP contribution in [-0.4, -0.2) is 25.9 Å². The first kappa shape index (κ1) is 13.5. The SMILES string of the molecule is CCOc1ccc(-n2c(N)nc3c(CC)nn(C)c32)cc1. The van der Waals surface area contributed by atoms with Gasteiger partial charge in [0.1, 0.15) is 11.3 Å². The van der Waals surface area contributed by atoms with Crippen LogP contribution in [0.25, 0.3) is 16.9 Å². The van der Waals surface area contributed by atoms with Crippen molar-refractivity contribution in [3.63, 3.8) is 0 Å². The molecule has 6 nitrogen and oxygen atoms in total. The molecule has 0 fully saturated rings. The van der Waals surface area contributed by atoms with Crippen LogP contribution in [0.2, 0.25) is 0 Å². The molecule has 21 heavy (non-hydrogen) atoms. The number of hydrogen-bond acceptors (Lipinski definition) is 4. The minimum Gasteiger partial charge on any atom is -0.494 e. The van der Waals surface area contributed by atoms with E-state index in [9.17, 15) is 0 Å². The second-order valence-electron chi connectivity index (χ2n) is 4.83. The van der Waals surface area contributed by atoms with Gasteiger partial charge in [0.15, 0.2) is 5.65 Å². The molecule has 2 heterocycles. The fourth-order valence-electron chi connectivity index (χ4n) is 2.55. The first-order valence-corrected chi connectivity index (χ1v) is 7.08. The van der Waals surface area contributed by atoms with Crippen molar-refractivity contribution in [2.75, 3.05) is 12.3 Å². The third-order valence-corrected chi connectivity index (χ3v) is 3.47. The fourth-order valence-corrected chi connectivity index (χ4v) is 2.55. The maximum atomic E-state index is 6.10. The molecule has 0 aliphatic heterocycles. The van der Waals surface area contributed by atoms with Crippen molar-refractivity contribution in [1.82, 2.24) is 19.3 Å². The summed E-state index contributed by atoms with van der Waals surface area (Å²) in [5, 5.41) is 4.50. The molecule has 0 bridgehead atoms. The van der Waals surface area contributed by atoms with Crippen LogP contribution in [-0.2, 0) is 13.5 Å². The second kappa shape index (κ2) is 5.12. The summed E-state index contributed by atoms with van der Waals surface area (Å²) < 4.78 is 9.21. The number of ether oxygens (including phenoxy) is 1. The van der Waals surface area contributed by atoms with Crippen LogP contribution in [0, 0.1) is 0 Å². The first-order valence-electron chi connectivity index (χ1n) is 7.08. The van der Waals surface area contributed by atoms with Gasteiger partial charge in [-0.3, -0.25) is 4.57 Å². The van der Waals surface area contributed by atoms with Gasteiger partial charge in [-0.1, -0.05) is 6.92 Å². The predicted molar refractivity (Wildman–Crippen MR) is 82.8 cm³/mol. The summed E-state index contributed by atoms with van der Waals surface area (Å²) in [5.41, 5.74) is 9.79. The molecule has 0 aliphatic carbocycles. The quantitative estimate of drug-likeness (QED) is 0.798. The molecule has 2 aromatic heterocycles. The van der Waals surface area contributed by atoms with E-state index in [4.69, 9.17) is 10.5 Å². The van der Waals surface area contributed by atoms with Gasteiger partial charge >= 0.3 is 0 Å². The highest BCUT2D eigenvalue weighted by Gasteiger charge is 2.17. The Morgan fingerprint density at radius 1 is 1.19 bits per heavy atom. The van der Waals surface area contributed by atoms with Gasteiger partial charge < -0.3 is 10.5 Å². The van der Waals surface area contributed by atoms with Gasteiger partial charge in [-0.2, -0.15) is 5.10 Å². The van der Waals surface area contributed by atoms with Crippen molar-refractivity contribution in [3.8, 4) is 11.4 Å². The molecule has 0 aliphatic rings. The van der Waals surface area contributed by atoms with Gasteiger partial charge in [-0.15, -0.1) is 0 Å². The standard InChI is InChI=1S/C15H19N5O/c1-4-12-13-14(19(3)18-12)20(15(16)17-13)10-6-8-11(9-7-10)21-5-2/h6-9H,4-5H2,1-3H3,(H2,16,17). The fraction of sp³-hybridized carbons (Fsp3) is 0.333. The lowest BCUT2D eigenvalue weighted by Gasteiger charge is -2.08. The molecule has 3 aromatic rings. The number of nitrogen functional groups attached to an aromatic ring is 1. The number of anilines is 1. The Bertz CT molecular complexity index is 770. The van der Waals surface area contributed by atoms with E-state index in [2.05, 4.69) is 17.0 Å². The van der Waals surface area contributed by atoms with Crippen LogP contribution >= 0.6 is 0 Å². The monoisotopic (exact) mass is 285 g/mol. The predicted octanol–water partition coefficient (Wildman–Crippen LogP) is 2.30. The molecule has 0 atom stereocenters. The summed E-state index contributed by atoms with van der Waals surface area (Å²) in [6.07, 6.45) is 0.830. The van der Waals surface area contributed by atoms with Crippen LogP contribution < -0.4 is 10.5 Å². The van der Waals surface area contributed by atoms with E-state index in [1.165, 1.54) is 0 Å². The average Bonchev–Trinajstić information content (AvgIpc) is 2.97. The normalized spacial score (nSPS) is 11.2. The lowest BCUT2D eigenvalue weighted by molar-refractivity contribution is 0.340. The summed E-state index contributed by atoms with van der Waals surface area (Å²) in [7, 11) is 1.91. The smallest absolute Gasteiger partial charge is 0.207 e. The summed E-state index contributed by atoms with van der Waals surface area (Å²) in [5.74, 6) is 1.31. The number of rotatable bonds is 4. The van der Waals surface area contributed by atoms with E-state index in [0.29, 0.717) is 12.6 Å². The molecule has 2 N–H and O–H groups in total. The van der Waals surface area contributed by atoms with Crippen molar-refractivity contribution in [1.29, 1.82) is 0 Å². The van der Waals surface area contributed by atoms with Gasteiger partial charge in [-0.25, -0.2) is 9.67 Å². The Hall–Kier alpha value is -2.50. The van der Waals surface area contributed by atoms with Crippen molar-refractivity contribution in [2.45, 2.75) is 20.3 Å². The zero-order chi connectivity index (χ0) is 15.0. The van der Waals surface area contributed by atoms with Crippen molar-refractivity contribution in [2.24, 2.45) is 7.05 Å². The van der Waals surface area contributed by atoms with Crippen LogP contribution in [0.1, 0.15) is 19.5 Å². The van der Waals surface area contributed by atoms with Gasteiger partial charge in [-0.05, 0) is 37.6 Å². The van der Waals surface area contributed by atoms with Crippen LogP contribution in [0.15, 0.2) is 24.3 Å². The highest BCUT2D eigenvalue weighted by atomic mass is 16.5. The Balaban J connectivity index is 2.15. The Kier molecular flexibility index (Phi) is 3.29. The van der Waals surface area contributed by atoms with E-state index in [0.717, 1.165) is 34.7 Å². The number of nitrogens with two attached hydrogens (primary N) is 1. The Morgan fingerprint density at radius 3 is 2.52 bits per heavy atom. The van der Waals surface area contributed by atoms with E-state index in [1.807, 2.05) is 47.5 Å². The minimum absolute atomic E-state index is 0.469. The molecule has 1 aromatic carbocycles. The summed E-state index contributed by atoms with van der Waals surface area (Å²) in [6, 6.07) is 7.81. The molecular formula is C15H19N5O. The molecule has 6 heteroatoms. The van der Waals surface area contributed by atoms with Crippen LogP contribution in [0.4, 0.5) is 5.95 Å². The third-order valence-electron chi connectivity index (χ3n) is 3.47. The molecule has 0 unspecified atom stereocenters. The molecular weight excluding hydrogens is 266 g/mol. The lowest BCUT2D eigenvalue weighted by atomic mass is 10.3. The van der Waals surface area contributed by atoms with Gasteiger partial charge in [0.05, 0.1) is 18.0 Å². The molecule has 0 radical (unpaired) electrons. The third kappa shape index (κ3) is 2.12. The molecule has 0 saturated carbocycles. The molecule has 110 valence electrons. The number of nitrogens with zero attached hydrogens (tertiary/aromatic N) is 4. The zero-order valence-electron chi connectivity index (χ0n) is 12.5. The van der Waals surface area contributed by atoms with E-state index in [-0.39, 0.29) is 0 Å². The van der Waals surface area contributed by atoms with Crippen LogP contribution in [0.5, 0.6) is 5.75 Å². The van der Waals surface area contributed by atoms with Gasteiger partial charge in [0.25, 0.3) is 0 Å². The second-order valence-corrected chi connectivity index (χ2v) is 4.83. The number of benzene rings is 1. The average molecular weight is 285 g/mol. The topological polar surface area (TPSA) is 70.9 Å². The number of aromatic nitrogens is 4. The lowest BCUT2D eigenvalue weighted by Crippen LogP contribution is -2.05. The van der Waals surface area contributed by atoms with Crippen molar-refractivity contribution < 1.29 is 4.74 Å². The maximum Gasteiger partial charge on any atom is 0.207 e. The van der Waals surface area contributed by atoms with Crippen LogP contribution in [0.3, 0.4) is 0 Å². The first-order chi connectivity index (χ1) is 10.2. The molecule has 0 amide bonds. The maximum absolute atomic E-state index is 6.10. The number of fused-ring (bicyclic) bond motifs is 1. The molecule has 3 rings (SSSR count).